The van der Waals surface area contributed by atoms with Gasteiger partial charge >= 0.3 is 0 Å². The average Bonchev–Trinajstić information content (AvgIpc) is 2.27. The summed E-state index contributed by atoms with van der Waals surface area (Å²) < 4.78 is 1.20. The molecule has 16 heavy (non-hydrogen) atoms. The molecule has 0 amide bonds. The third-order valence-electron chi connectivity index (χ3n) is 1.85. The fraction of sp³-hybridized carbons (Fsp3) is 0.400. The SMILES string of the molecule is C#CCn1ncc(Cl)c(NCCSC)c1=O. The molecule has 1 N–H and O–H groups in total. The molecule has 0 aliphatic heterocycles. The second-order valence-electron chi connectivity index (χ2n) is 2.95. The van der Waals surface area contributed by atoms with Gasteiger partial charge in [0, 0.05) is 12.3 Å². The van der Waals surface area contributed by atoms with Crippen LogP contribution in [-0.4, -0.2) is 28.3 Å². The number of anilines is 1. The van der Waals surface area contributed by atoms with Crippen molar-refractivity contribution in [1.82, 2.24) is 9.78 Å². The Morgan fingerprint density at radius 1 is 1.75 bits per heavy atom. The molecule has 86 valence electrons. The molecular formula is C10H12ClN3OS. The lowest BCUT2D eigenvalue weighted by atomic mass is 10.4. The van der Waals surface area contributed by atoms with E-state index in [9.17, 15) is 4.79 Å². The van der Waals surface area contributed by atoms with E-state index in [1.54, 1.807) is 11.8 Å². The highest BCUT2D eigenvalue weighted by atomic mass is 35.5. The van der Waals surface area contributed by atoms with Gasteiger partial charge in [0.1, 0.15) is 12.2 Å². The lowest BCUT2D eigenvalue weighted by Gasteiger charge is -2.08. The predicted molar refractivity (Wildman–Crippen MR) is 69.2 cm³/mol. The van der Waals surface area contributed by atoms with Crippen molar-refractivity contribution in [2.24, 2.45) is 0 Å². The molecule has 1 heterocycles. The van der Waals surface area contributed by atoms with E-state index in [0.29, 0.717) is 17.3 Å². The number of rotatable bonds is 5. The van der Waals surface area contributed by atoms with Gasteiger partial charge in [0.05, 0.1) is 11.2 Å². The summed E-state index contributed by atoms with van der Waals surface area (Å²) >= 11 is 7.57. The number of aromatic nitrogens is 2. The van der Waals surface area contributed by atoms with E-state index < -0.39 is 0 Å². The first kappa shape index (κ1) is 12.9. The highest BCUT2D eigenvalue weighted by Crippen LogP contribution is 2.14. The summed E-state index contributed by atoms with van der Waals surface area (Å²) in [5, 5.41) is 7.15. The van der Waals surface area contributed by atoms with Crippen molar-refractivity contribution in [2.75, 3.05) is 23.9 Å². The fourth-order valence-corrected chi connectivity index (χ4v) is 1.60. The standard InChI is InChI=1S/C10H12ClN3OS/c1-3-5-14-10(15)9(8(11)7-13-14)12-4-6-16-2/h1,7,12H,4-6H2,2H3. The highest BCUT2D eigenvalue weighted by Gasteiger charge is 2.08. The lowest BCUT2D eigenvalue weighted by Crippen LogP contribution is -2.26. The van der Waals surface area contributed by atoms with E-state index in [4.69, 9.17) is 18.0 Å². The smallest absolute Gasteiger partial charge is 0.292 e. The van der Waals surface area contributed by atoms with Gasteiger partial charge in [-0.3, -0.25) is 4.79 Å². The van der Waals surface area contributed by atoms with Gasteiger partial charge in [-0.15, -0.1) is 6.42 Å². The first-order valence-electron chi connectivity index (χ1n) is 4.62. The third-order valence-corrected chi connectivity index (χ3v) is 2.75. The van der Waals surface area contributed by atoms with Crippen LogP contribution in [0.2, 0.25) is 5.02 Å². The van der Waals surface area contributed by atoms with Crippen LogP contribution in [0.25, 0.3) is 0 Å². The van der Waals surface area contributed by atoms with Crippen LogP contribution in [0.5, 0.6) is 0 Å². The Bertz CT molecular complexity index is 452. The molecule has 0 fully saturated rings. The Labute approximate surface area is 103 Å². The minimum atomic E-state index is -0.286. The van der Waals surface area contributed by atoms with E-state index in [2.05, 4.69) is 16.3 Å². The number of nitrogens with zero attached hydrogens (tertiary/aromatic N) is 2. The molecule has 1 aromatic heterocycles. The molecule has 0 aliphatic rings. The molecular weight excluding hydrogens is 246 g/mol. The number of terminal acetylenes is 1. The number of hydrogen-bond acceptors (Lipinski definition) is 4. The van der Waals surface area contributed by atoms with Gasteiger partial charge in [0.15, 0.2) is 0 Å². The molecule has 0 spiro atoms. The summed E-state index contributed by atoms with van der Waals surface area (Å²) in [6.07, 6.45) is 8.54. The molecule has 0 bridgehead atoms. The van der Waals surface area contributed by atoms with Crippen LogP contribution in [0.1, 0.15) is 0 Å². The van der Waals surface area contributed by atoms with E-state index in [1.807, 2.05) is 6.26 Å². The van der Waals surface area contributed by atoms with Crippen LogP contribution in [0, 0.1) is 12.3 Å². The van der Waals surface area contributed by atoms with Crippen molar-refractivity contribution in [3.05, 3.63) is 21.6 Å². The van der Waals surface area contributed by atoms with Crippen LogP contribution in [-0.2, 0) is 6.54 Å². The van der Waals surface area contributed by atoms with E-state index >= 15 is 0 Å². The minimum absolute atomic E-state index is 0.146. The van der Waals surface area contributed by atoms with Gasteiger partial charge in [-0.05, 0) is 6.26 Å². The van der Waals surface area contributed by atoms with Crippen LogP contribution < -0.4 is 10.9 Å². The monoisotopic (exact) mass is 257 g/mol. The number of thioether (sulfide) groups is 1. The molecule has 0 aromatic carbocycles. The summed E-state index contributed by atoms with van der Waals surface area (Å²) in [6.45, 7) is 0.823. The maximum Gasteiger partial charge on any atom is 0.292 e. The van der Waals surface area contributed by atoms with Gasteiger partial charge in [-0.2, -0.15) is 16.9 Å². The second kappa shape index (κ2) is 6.46. The Morgan fingerprint density at radius 2 is 2.50 bits per heavy atom. The van der Waals surface area contributed by atoms with Gasteiger partial charge in [0.2, 0.25) is 0 Å². The molecule has 1 rings (SSSR count). The quantitative estimate of drug-likeness (QED) is 0.638. The van der Waals surface area contributed by atoms with Gasteiger partial charge in [-0.25, -0.2) is 4.68 Å². The average molecular weight is 258 g/mol. The molecule has 6 heteroatoms. The minimum Gasteiger partial charge on any atom is -0.378 e. The van der Waals surface area contributed by atoms with Crippen molar-refractivity contribution in [3.63, 3.8) is 0 Å². The lowest BCUT2D eigenvalue weighted by molar-refractivity contribution is 0.664. The number of nitrogens with one attached hydrogen (secondary N) is 1. The van der Waals surface area contributed by atoms with Crippen molar-refractivity contribution in [3.8, 4) is 12.3 Å². The van der Waals surface area contributed by atoms with Gasteiger partial charge in [0.25, 0.3) is 5.56 Å². The van der Waals surface area contributed by atoms with Crippen LogP contribution in [0.4, 0.5) is 5.69 Å². The van der Waals surface area contributed by atoms with Crippen LogP contribution >= 0.6 is 23.4 Å². The predicted octanol–water partition coefficient (Wildman–Crippen LogP) is 1.30. The van der Waals surface area contributed by atoms with Crippen molar-refractivity contribution >= 4 is 29.1 Å². The van der Waals surface area contributed by atoms with Crippen LogP contribution in [0.15, 0.2) is 11.0 Å². The van der Waals surface area contributed by atoms with E-state index in [1.165, 1.54) is 10.9 Å². The number of hydrogen-bond donors (Lipinski definition) is 1. The third kappa shape index (κ3) is 3.19. The van der Waals surface area contributed by atoms with Gasteiger partial charge in [-0.1, -0.05) is 17.5 Å². The van der Waals surface area contributed by atoms with Crippen LogP contribution in [0.3, 0.4) is 0 Å². The number of halogens is 1. The molecule has 0 saturated carbocycles. The largest absolute Gasteiger partial charge is 0.378 e. The summed E-state index contributed by atoms with van der Waals surface area (Å²) in [7, 11) is 0. The second-order valence-corrected chi connectivity index (χ2v) is 4.35. The maximum absolute atomic E-state index is 11.8. The topological polar surface area (TPSA) is 46.9 Å². The first-order valence-corrected chi connectivity index (χ1v) is 6.39. The Morgan fingerprint density at radius 3 is 3.12 bits per heavy atom. The fourth-order valence-electron chi connectivity index (χ4n) is 1.11. The first-order chi connectivity index (χ1) is 7.70. The Hall–Kier alpha value is -1.12. The summed E-state index contributed by atoms with van der Waals surface area (Å²) in [6, 6.07) is 0. The van der Waals surface area contributed by atoms with E-state index in [0.717, 1.165) is 5.75 Å². The summed E-state index contributed by atoms with van der Waals surface area (Å²) in [5.41, 5.74) is 0.0764. The van der Waals surface area contributed by atoms with Crippen molar-refractivity contribution in [2.45, 2.75) is 6.54 Å². The highest BCUT2D eigenvalue weighted by molar-refractivity contribution is 7.98. The molecule has 0 radical (unpaired) electrons. The molecule has 0 unspecified atom stereocenters. The van der Waals surface area contributed by atoms with E-state index in [-0.39, 0.29) is 12.1 Å². The summed E-state index contributed by atoms with van der Waals surface area (Å²) in [5.74, 6) is 3.26. The molecule has 0 saturated heterocycles. The Kier molecular flexibility index (Phi) is 5.23. The zero-order valence-electron chi connectivity index (χ0n) is 8.86. The maximum atomic E-state index is 11.8. The molecule has 1 aromatic rings. The normalized spacial score (nSPS) is 9.81. The molecule has 0 atom stereocenters. The molecule has 0 aliphatic carbocycles. The van der Waals surface area contributed by atoms with Crippen molar-refractivity contribution in [1.29, 1.82) is 0 Å². The Balaban J connectivity index is 2.93. The summed E-state index contributed by atoms with van der Waals surface area (Å²) in [4.78, 5) is 11.8. The zero-order chi connectivity index (χ0) is 12.0. The van der Waals surface area contributed by atoms with Gasteiger partial charge < -0.3 is 5.32 Å². The van der Waals surface area contributed by atoms with Crippen molar-refractivity contribution < 1.29 is 0 Å². The zero-order valence-corrected chi connectivity index (χ0v) is 10.4. The molecule has 4 nitrogen and oxygen atoms in total.